The first kappa shape index (κ1) is 17.2. The Labute approximate surface area is 160 Å². The molecule has 0 saturated heterocycles. The summed E-state index contributed by atoms with van der Waals surface area (Å²) in [5.74, 6) is 1.97. The van der Waals surface area contributed by atoms with Crippen molar-refractivity contribution in [2.24, 2.45) is 0 Å². The van der Waals surface area contributed by atoms with E-state index < -0.39 is 0 Å². The Morgan fingerprint density at radius 1 is 1.15 bits per heavy atom. The molecule has 134 valence electrons. The van der Waals surface area contributed by atoms with Gasteiger partial charge in [0.1, 0.15) is 13.2 Å². The maximum Gasteiger partial charge on any atom is 0.214 e. The predicted molar refractivity (Wildman–Crippen MR) is 101 cm³/mol. The van der Waals surface area contributed by atoms with Gasteiger partial charge in [-0.05, 0) is 53.6 Å². The van der Waals surface area contributed by atoms with Gasteiger partial charge in [-0.25, -0.2) is 0 Å². The van der Waals surface area contributed by atoms with Crippen LogP contribution in [-0.2, 0) is 5.75 Å². The zero-order valence-electron chi connectivity index (χ0n) is 14.4. The highest BCUT2D eigenvalue weighted by atomic mass is 35.5. The second-order valence-corrected chi connectivity index (χ2v) is 7.40. The molecule has 0 radical (unpaired) electrons. The smallest absolute Gasteiger partial charge is 0.214 e. The molecule has 0 amide bonds. The molecule has 0 aliphatic carbocycles. The van der Waals surface area contributed by atoms with Crippen molar-refractivity contribution in [3.8, 4) is 17.2 Å². The van der Waals surface area contributed by atoms with Gasteiger partial charge in [0.2, 0.25) is 5.16 Å². The third kappa shape index (κ3) is 3.37. The minimum absolute atomic E-state index is 0.519. The van der Waals surface area contributed by atoms with Crippen LogP contribution < -0.4 is 9.47 Å². The van der Waals surface area contributed by atoms with Gasteiger partial charge in [-0.15, -0.1) is 5.10 Å². The second-order valence-electron chi connectivity index (χ2n) is 6.05. The Kier molecular flexibility index (Phi) is 4.74. The molecule has 3 aromatic rings. The molecular weight excluding hydrogens is 372 g/mol. The SMILES string of the molecule is Cc1ccc(-n2nnnc2SCc2cc(Cl)c3c(c2)OCCO3)c(C)c1. The molecule has 4 rings (SSSR count). The van der Waals surface area contributed by atoms with E-state index in [2.05, 4.69) is 41.5 Å². The van der Waals surface area contributed by atoms with Crippen LogP contribution in [0.2, 0.25) is 5.02 Å². The van der Waals surface area contributed by atoms with Gasteiger partial charge in [-0.2, -0.15) is 4.68 Å². The van der Waals surface area contributed by atoms with Crippen molar-refractivity contribution in [1.82, 2.24) is 20.2 Å². The van der Waals surface area contributed by atoms with Gasteiger partial charge in [-0.3, -0.25) is 0 Å². The van der Waals surface area contributed by atoms with Crippen LogP contribution in [0.1, 0.15) is 16.7 Å². The van der Waals surface area contributed by atoms with Crippen LogP contribution in [0.5, 0.6) is 11.5 Å². The lowest BCUT2D eigenvalue weighted by atomic mass is 10.1. The number of fused-ring (bicyclic) bond motifs is 1. The minimum atomic E-state index is 0.519. The zero-order chi connectivity index (χ0) is 18.1. The molecule has 0 saturated carbocycles. The maximum absolute atomic E-state index is 6.31. The summed E-state index contributed by atoms with van der Waals surface area (Å²) in [6.45, 7) is 5.17. The van der Waals surface area contributed by atoms with Crippen molar-refractivity contribution < 1.29 is 9.47 Å². The number of ether oxygens (including phenoxy) is 2. The summed E-state index contributed by atoms with van der Waals surface area (Å²) in [7, 11) is 0. The van der Waals surface area contributed by atoms with E-state index >= 15 is 0 Å². The number of halogens is 1. The van der Waals surface area contributed by atoms with Crippen LogP contribution in [0, 0.1) is 13.8 Å². The number of hydrogen-bond acceptors (Lipinski definition) is 6. The summed E-state index contributed by atoms with van der Waals surface area (Å²) < 4.78 is 13.0. The fraction of sp³-hybridized carbons (Fsp3) is 0.278. The molecule has 2 aromatic carbocycles. The van der Waals surface area contributed by atoms with Gasteiger partial charge >= 0.3 is 0 Å². The van der Waals surface area contributed by atoms with Crippen molar-refractivity contribution in [3.05, 3.63) is 52.0 Å². The lowest BCUT2D eigenvalue weighted by Gasteiger charge is -2.20. The van der Waals surface area contributed by atoms with Gasteiger partial charge in [0.05, 0.1) is 10.7 Å². The highest BCUT2D eigenvalue weighted by Crippen LogP contribution is 2.39. The Morgan fingerprint density at radius 2 is 2.00 bits per heavy atom. The fourth-order valence-corrected chi connectivity index (χ4v) is 3.96. The molecule has 0 N–H and O–H groups in total. The van der Waals surface area contributed by atoms with Crippen LogP contribution in [0.15, 0.2) is 35.5 Å². The van der Waals surface area contributed by atoms with E-state index in [1.165, 1.54) is 5.56 Å². The summed E-state index contributed by atoms with van der Waals surface area (Å²) in [5, 5.41) is 13.4. The molecule has 0 unspecified atom stereocenters. The molecular formula is C18H17ClN4O2S. The summed E-state index contributed by atoms with van der Waals surface area (Å²) in [5.41, 5.74) is 4.34. The Morgan fingerprint density at radius 3 is 2.85 bits per heavy atom. The highest BCUT2D eigenvalue weighted by molar-refractivity contribution is 7.98. The van der Waals surface area contributed by atoms with Gasteiger partial charge in [-0.1, -0.05) is 41.1 Å². The standard InChI is InChI=1S/C18H17ClN4O2S/c1-11-3-4-15(12(2)7-11)23-18(20-21-22-23)26-10-13-8-14(19)17-16(9-13)24-5-6-25-17/h3-4,7-9H,5-6,10H2,1-2H3. The number of aryl methyl sites for hydroxylation is 2. The van der Waals surface area contributed by atoms with Gasteiger partial charge in [0.15, 0.2) is 11.5 Å². The van der Waals surface area contributed by atoms with E-state index in [0.717, 1.165) is 22.0 Å². The highest BCUT2D eigenvalue weighted by Gasteiger charge is 2.18. The molecule has 0 bridgehead atoms. The van der Waals surface area contributed by atoms with Crippen LogP contribution in [0.25, 0.3) is 5.69 Å². The largest absolute Gasteiger partial charge is 0.486 e. The fourth-order valence-electron chi connectivity index (χ4n) is 2.86. The molecule has 6 nitrogen and oxygen atoms in total. The molecule has 2 heterocycles. The van der Waals surface area contributed by atoms with Crippen molar-refractivity contribution in [3.63, 3.8) is 0 Å². The van der Waals surface area contributed by atoms with E-state index in [-0.39, 0.29) is 0 Å². The number of rotatable bonds is 4. The summed E-state index contributed by atoms with van der Waals surface area (Å²) in [6, 6.07) is 10.1. The topological polar surface area (TPSA) is 62.1 Å². The van der Waals surface area contributed by atoms with Gasteiger partial charge < -0.3 is 9.47 Å². The molecule has 0 fully saturated rings. The molecule has 26 heavy (non-hydrogen) atoms. The van der Waals surface area contributed by atoms with Crippen LogP contribution >= 0.6 is 23.4 Å². The molecule has 1 aromatic heterocycles. The lowest BCUT2D eigenvalue weighted by molar-refractivity contribution is 0.171. The Hall–Kier alpha value is -2.25. The third-order valence-electron chi connectivity index (χ3n) is 4.05. The normalized spacial score (nSPS) is 13.0. The molecule has 8 heteroatoms. The molecule has 0 spiro atoms. The first-order chi connectivity index (χ1) is 12.6. The molecule has 1 aliphatic heterocycles. The van der Waals surface area contributed by atoms with Crippen LogP contribution in [0.4, 0.5) is 0 Å². The average Bonchev–Trinajstić information content (AvgIpc) is 3.08. The number of hydrogen-bond donors (Lipinski definition) is 0. The quantitative estimate of drug-likeness (QED) is 0.629. The maximum atomic E-state index is 6.31. The monoisotopic (exact) mass is 388 g/mol. The van der Waals surface area contributed by atoms with Crippen LogP contribution in [-0.4, -0.2) is 33.4 Å². The minimum Gasteiger partial charge on any atom is -0.486 e. The zero-order valence-corrected chi connectivity index (χ0v) is 16.0. The first-order valence-corrected chi connectivity index (χ1v) is 9.55. The number of benzene rings is 2. The van der Waals surface area contributed by atoms with E-state index in [0.29, 0.717) is 35.5 Å². The number of nitrogens with zero attached hydrogens (tertiary/aromatic N) is 4. The van der Waals surface area contributed by atoms with Gasteiger partial charge in [0.25, 0.3) is 0 Å². The van der Waals surface area contributed by atoms with E-state index in [4.69, 9.17) is 21.1 Å². The van der Waals surface area contributed by atoms with E-state index in [9.17, 15) is 0 Å². The van der Waals surface area contributed by atoms with Crippen LogP contribution in [0.3, 0.4) is 0 Å². The van der Waals surface area contributed by atoms with Crippen molar-refractivity contribution in [1.29, 1.82) is 0 Å². The lowest BCUT2D eigenvalue weighted by Crippen LogP contribution is -2.15. The van der Waals surface area contributed by atoms with Crippen molar-refractivity contribution in [2.45, 2.75) is 24.8 Å². The first-order valence-electron chi connectivity index (χ1n) is 8.18. The summed E-state index contributed by atoms with van der Waals surface area (Å²) >= 11 is 7.86. The van der Waals surface area contributed by atoms with E-state index in [1.807, 2.05) is 18.2 Å². The Balaban J connectivity index is 1.56. The van der Waals surface area contributed by atoms with Crippen molar-refractivity contribution >= 4 is 23.4 Å². The predicted octanol–water partition coefficient (Wildman–Crippen LogP) is 4.00. The molecule has 0 atom stereocenters. The average molecular weight is 389 g/mol. The molecule has 1 aliphatic rings. The summed E-state index contributed by atoms with van der Waals surface area (Å²) in [4.78, 5) is 0. The van der Waals surface area contributed by atoms with E-state index in [1.54, 1.807) is 16.4 Å². The summed E-state index contributed by atoms with van der Waals surface area (Å²) in [6.07, 6.45) is 0. The van der Waals surface area contributed by atoms with Crippen molar-refractivity contribution in [2.75, 3.05) is 13.2 Å². The van der Waals surface area contributed by atoms with Gasteiger partial charge in [0, 0.05) is 5.75 Å². The number of thioether (sulfide) groups is 1. The number of tetrazole rings is 1. The number of aromatic nitrogens is 4. The third-order valence-corrected chi connectivity index (χ3v) is 5.32. The Bertz CT molecular complexity index is 960. The second kappa shape index (κ2) is 7.17.